The number of azo groups is 1. The quantitative estimate of drug-likeness (QED) is 0.670. The molecule has 0 saturated carbocycles. The third-order valence-corrected chi connectivity index (χ3v) is 2.10. The number of carbonyl (C=O) groups is 2. The van der Waals surface area contributed by atoms with Crippen molar-refractivity contribution in [2.24, 2.45) is 10.2 Å². The number of hydrogen-bond acceptors (Lipinski definition) is 3. The Morgan fingerprint density at radius 3 is 2.37 bits per heavy atom. The fourth-order valence-corrected chi connectivity index (χ4v) is 1.13. The molecule has 6 nitrogen and oxygen atoms in total. The number of hydrogen-bond donors (Lipinski definition) is 1. The first-order valence-electron chi connectivity index (χ1n) is 5.66. The minimum Gasteiger partial charge on any atom is -0.345 e. The lowest BCUT2D eigenvalue weighted by Crippen LogP contribution is -2.19. The van der Waals surface area contributed by atoms with Crippen LogP contribution in [0.2, 0.25) is 0 Å². The molecule has 0 aromatic heterocycles. The average Bonchev–Trinajstić information content (AvgIpc) is 2.37. The van der Waals surface area contributed by atoms with Gasteiger partial charge in [-0.2, -0.15) is 5.11 Å². The summed E-state index contributed by atoms with van der Waals surface area (Å²) >= 11 is 0. The maximum Gasteiger partial charge on any atom is 0.364 e. The summed E-state index contributed by atoms with van der Waals surface area (Å²) < 4.78 is 0. The molecule has 3 amide bonds. The van der Waals surface area contributed by atoms with Crippen molar-refractivity contribution >= 4 is 17.6 Å². The summed E-state index contributed by atoms with van der Waals surface area (Å²) in [4.78, 5) is 24.2. The second kappa shape index (κ2) is 7.05. The predicted octanol–water partition coefficient (Wildman–Crippen LogP) is 2.66. The van der Waals surface area contributed by atoms with Crippen molar-refractivity contribution in [3.05, 3.63) is 42.1 Å². The second-order valence-corrected chi connectivity index (χ2v) is 4.01. The van der Waals surface area contributed by atoms with Gasteiger partial charge in [-0.1, -0.05) is 23.3 Å². The molecule has 0 saturated heterocycles. The number of para-hydroxylation sites is 1. The van der Waals surface area contributed by atoms with Gasteiger partial charge in [0.15, 0.2) is 0 Å². The lowest BCUT2D eigenvalue weighted by molar-refractivity contribution is -0.123. The molecule has 0 atom stereocenters. The third-order valence-electron chi connectivity index (χ3n) is 2.10. The maximum atomic E-state index is 11.4. The van der Waals surface area contributed by atoms with E-state index in [2.05, 4.69) is 15.5 Å². The van der Waals surface area contributed by atoms with Crippen molar-refractivity contribution < 1.29 is 9.59 Å². The minimum absolute atomic E-state index is 0.208. The summed E-state index contributed by atoms with van der Waals surface area (Å²) in [7, 11) is 3.26. The van der Waals surface area contributed by atoms with Crippen LogP contribution in [0.25, 0.3) is 0 Å². The molecule has 0 bridgehead atoms. The van der Waals surface area contributed by atoms with E-state index in [9.17, 15) is 9.59 Å². The Kier molecular flexibility index (Phi) is 5.40. The first-order chi connectivity index (χ1) is 8.99. The summed E-state index contributed by atoms with van der Waals surface area (Å²) in [6.45, 7) is 1.60. The first-order valence-corrected chi connectivity index (χ1v) is 5.66. The second-order valence-electron chi connectivity index (χ2n) is 4.01. The van der Waals surface area contributed by atoms with Gasteiger partial charge in [0.2, 0.25) is 5.91 Å². The Bertz CT molecular complexity index is 507. The highest BCUT2D eigenvalue weighted by Gasteiger charge is 2.01. The zero-order valence-electron chi connectivity index (χ0n) is 11.1. The van der Waals surface area contributed by atoms with Gasteiger partial charge in [0.05, 0.1) is 5.70 Å². The van der Waals surface area contributed by atoms with E-state index in [0.717, 1.165) is 0 Å². The molecule has 0 aliphatic heterocycles. The summed E-state index contributed by atoms with van der Waals surface area (Å²) in [5, 5.41) is 9.69. The van der Waals surface area contributed by atoms with Crippen LogP contribution in [0.1, 0.15) is 6.92 Å². The molecule has 6 heteroatoms. The average molecular weight is 260 g/mol. The van der Waals surface area contributed by atoms with Gasteiger partial charge in [-0.15, -0.1) is 0 Å². The van der Waals surface area contributed by atoms with E-state index in [1.165, 1.54) is 11.0 Å². The molecule has 1 aromatic carbocycles. The lowest BCUT2D eigenvalue weighted by atomic mass is 10.3. The molecule has 1 N–H and O–H groups in total. The van der Waals surface area contributed by atoms with Crippen molar-refractivity contribution in [1.29, 1.82) is 0 Å². The fourth-order valence-electron chi connectivity index (χ4n) is 1.13. The summed E-state index contributed by atoms with van der Waals surface area (Å²) in [5.41, 5.74) is 0.999. The van der Waals surface area contributed by atoms with Crippen molar-refractivity contribution in [3.63, 3.8) is 0 Å². The Labute approximate surface area is 111 Å². The van der Waals surface area contributed by atoms with Crippen LogP contribution in [0.3, 0.4) is 0 Å². The number of carbonyl (C=O) groups excluding carboxylic acids is 2. The Balaban J connectivity index is 2.57. The van der Waals surface area contributed by atoms with Gasteiger partial charge in [0, 0.05) is 25.9 Å². The van der Waals surface area contributed by atoms with Gasteiger partial charge >= 0.3 is 6.03 Å². The van der Waals surface area contributed by atoms with Crippen LogP contribution in [0.5, 0.6) is 0 Å². The molecule has 0 heterocycles. The normalized spacial score (nSPS) is 11.4. The summed E-state index contributed by atoms with van der Waals surface area (Å²) in [6.07, 6.45) is 1.30. The monoisotopic (exact) mass is 260 g/mol. The van der Waals surface area contributed by atoms with E-state index in [-0.39, 0.29) is 5.91 Å². The van der Waals surface area contributed by atoms with Crippen LogP contribution >= 0.6 is 0 Å². The van der Waals surface area contributed by atoms with E-state index in [4.69, 9.17) is 0 Å². The van der Waals surface area contributed by atoms with Crippen LogP contribution in [0, 0.1) is 0 Å². The van der Waals surface area contributed by atoms with Crippen LogP contribution in [0.15, 0.2) is 52.3 Å². The molecule has 19 heavy (non-hydrogen) atoms. The molecule has 0 radical (unpaired) electrons. The number of nitrogens with one attached hydrogen (secondary N) is 1. The Morgan fingerprint density at radius 2 is 1.79 bits per heavy atom. The van der Waals surface area contributed by atoms with E-state index in [1.54, 1.807) is 45.3 Å². The van der Waals surface area contributed by atoms with Crippen molar-refractivity contribution in [3.8, 4) is 0 Å². The van der Waals surface area contributed by atoms with Gasteiger partial charge in [-0.3, -0.25) is 4.79 Å². The third kappa shape index (κ3) is 5.58. The first kappa shape index (κ1) is 14.6. The molecular weight excluding hydrogens is 244 g/mol. The standard InChI is InChI=1S/C13H16N4O2/c1-10(9-12(18)17(2)3)15-16-13(19)14-11-7-5-4-6-8-11/h4-9H,1-3H3,(H,14,19)/b10-9+,16-15?. The predicted molar refractivity (Wildman–Crippen MR) is 72.8 cm³/mol. The van der Waals surface area contributed by atoms with E-state index >= 15 is 0 Å². The number of urea groups is 1. The Morgan fingerprint density at radius 1 is 1.16 bits per heavy atom. The SMILES string of the molecule is C/C(=C\C(=O)N(C)C)N=NC(=O)Nc1ccccc1. The highest BCUT2D eigenvalue weighted by atomic mass is 16.2. The van der Waals surface area contributed by atoms with Crippen LogP contribution in [-0.2, 0) is 4.79 Å². The number of rotatable bonds is 3. The molecule has 0 aliphatic carbocycles. The number of benzene rings is 1. The van der Waals surface area contributed by atoms with Crippen molar-refractivity contribution in [1.82, 2.24) is 4.90 Å². The zero-order valence-corrected chi connectivity index (χ0v) is 11.1. The fraction of sp³-hybridized carbons (Fsp3) is 0.231. The number of allylic oxidation sites excluding steroid dienone is 1. The van der Waals surface area contributed by atoms with Gasteiger partial charge in [0.25, 0.3) is 0 Å². The molecule has 0 spiro atoms. The summed E-state index contributed by atoms with van der Waals surface area (Å²) in [6, 6.07) is 8.34. The molecule has 0 fully saturated rings. The molecule has 0 aliphatic rings. The molecular formula is C13H16N4O2. The van der Waals surface area contributed by atoms with Gasteiger partial charge in [-0.05, 0) is 19.1 Å². The number of likely N-dealkylation sites (N-methyl/N-ethyl adjacent to an activating group) is 1. The number of nitrogens with zero attached hydrogens (tertiary/aromatic N) is 3. The van der Waals surface area contributed by atoms with Crippen molar-refractivity contribution in [2.45, 2.75) is 6.92 Å². The largest absolute Gasteiger partial charge is 0.364 e. The van der Waals surface area contributed by atoms with Crippen LogP contribution in [-0.4, -0.2) is 30.9 Å². The van der Waals surface area contributed by atoms with E-state index in [0.29, 0.717) is 11.4 Å². The lowest BCUT2D eigenvalue weighted by Gasteiger charge is -2.05. The van der Waals surface area contributed by atoms with E-state index < -0.39 is 6.03 Å². The highest BCUT2D eigenvalue weighted by molar-refractivity contribution is 5.90. The molecule has 1 aromatic rings. The zero-order chi connectivity index (χ0) is 14.3. The number of anilines is 1. The van der Waals surface area contributed by atoms with Crippen molar-refractivity contribution in [2.75, 3.05) is 19.4 Å². The maximum absolute atomic E-state index is 11.4. The van der Waals surface area contributed by atoms with Gasteiger partial charge in [-0.25, -0.2) is 4.79 Å². The molecule has 1 rings (SSSR count). The van der Waals surface area contributed by atoms with Gasteiger partial charge < -0.3 is 10.2 Å². The van der Waals surface area contributed by atoms with Crippen LogP contribution < -0.4 is 5.32 Å². The van der Waals surface area contributed by atoms with Crippen LogP contribution in [0.4, 0.5) is 10.5 Å². The highest BCUT2D eigenvalue weighted by Crippen LogP contribution is 2.06. The van der Waals surface area contributed by atoms with E-state index in [1.807, 2.05) is 6.07 Å². The van der Waals surface area contributed by atoms with Gasteiger partial charge in [0.1, 0.15) is 0 Å². The summed E-state index contributed by atoms with van der Waals surface area (Å²) in [5.74, 6) is -0.208. The number of amides is 3. The molecule has 100 valence electrons. The molecule has 0 unspecified atom stereocenters. The smallest absolute Gasteiger partial charge is 0.345 e. The minimum atomic E-state index is -0.587. The Hall–Kier alpha value is -2.50. The topological polar surface area (TPSA) is 74.1 Å².